The highest BCUT2D eigenvalue weighted by molar-refractivity contribution is 7.47. The Morgan fingerprint density at radius 2 is 0.809 bits per heavy atom. The fourth-order valence-corrected chi connectivity index (χ4v) is 8.52. The average Bonchev–Trinajstić information content (AvgIpc) is 3.33. The number of esters is 2. The lowest BCUT2D eigenvalue weighted by molar-refractivity contribution is -0.161. The molecule has 2 unspecified atom stereocenters. The van der Waals surface area contributed by atoms with Crippen LogP contribution in [0, 0.1) is 0 Å². The van der Waals surface area contributed by atoms with E-state index in [9.17, 15) is 19.0 Å². The van der Waals surface area contributed by atoms with E-state index in [0.29, 0.717) is 6.42 Å². The summed E-state index contributed by atoms with van der Waals surface area (Å²) in [6.07, 6.45) is 68.0. The van der Waals surface area contributed by atoms with Crippen molar-refractivity contribution in [3.63, 3.8) is 0 Å². The lowest BCUT2D eigenvalue weighted by Gasteiger charge is -2.19. The van der Waals surface area contributed by atoms with Gasteiger partial charge in [-0.25, -0.2) is 4.57 Å². The zero-order valence-corrected chi connectivity index (χ0v) is 44.7. The van der Waals surface area contributed by atoms with Crippen LogP contribution in [0.1, 0.15) is 251 Å². The SMILES string of the molecule is CC/C=C\C/C=C\C/C=C\C/C=C\C/C=C\C/C=C\CCCCCCCCC(=O)OC(COC(=O)CCCCCCCCCCCCCCCCCCCCCCCC)COP(=O)(O)OCCN. The number of phosphoric acid groups is 1. The van der Waals surface area contributed by atoms with E-state index in [1.165, 1.54) is 122 Å². The molecule has 0 fully saturated rings. The summed E-state index contributed by atoms with van der Waals surface area (Å²) in [4.78, 5) is 35.2. The van der Waals surface area contributed by atoms with Gasteiger partial charge in [-0.1, -0.05) is 247 Å². The second-order valence-electron chi connectivity index (χ2n) is 18.4. The molecule has 68 heavy (non-hydrogen) atoms. The van der Waals surface area contributed by atoms with Crippen molar-refractivity contribution in [2.75, 3.05) is 26.4 Å². The topological polar surface area (TPSA) is 134 Å². The van der Waals surface area contributed by atoms with Crippen LogP contribution in [0.25, 0.3) is 0 Å². The van der Waals surface area contributed by atoms with Gasteiger partial charge in [-0.3, -0.25) is 18.6 Å². The molecule has 0 bridgehead atoms. The van der Waals surface area contributed by atoms with Gasteiger partial charge in [0.25, 0.3) is 0 Å². The van der Waals surface area contributed by atoms with Crippen LogP contribution in [0.2, 0.25) is 0 Å². The van der Waals surface area contributed by atoms with E-state index in [-0.39, 0.29) is 38.6 Å². The van der Waals surface area contributed by atoms with Crippen molar-refractivity contribution in [2.45, 2.75) is 258 Å². The molecule has 0 rings (SSSR count). The smallest absolute Gasteiger partial charge is 0.462 e. The summed E-state index contributed by atoms with van der Waals surface area (Å²) < 4.78 is 33.0. The van der Waals surface area contributed by atoms with Crippen molar-refractivity contribution >= 4 is 19.8 Å². The fourth-order valence-electron chi connectivity index (χ4n) is 7.76. The molecule has 0 aliphatic heterocycles. The highest BCUT2D eigenvalue weighted by atomic mass is 31.2. The molecule has 10 heteroatoms. The summed E-state index contributed by atoms with van der Waals surface area (Å²) in [5.41, 5.74) is 5.38. The third-order valence-electron chi connectivity index (χ3n) is 11.9. The van der Waals surface area contributed by atoms with Crippen LogP contribution in [0.15, 0.2) is 72.9 Å². The number of allylic oxidation sites excluding steroid dienone is 12. The van der Waals surface area contributed by atoms with Gasteiger partial charge in [-0.05, 0) is 64.2 Å². The van der Waals surface area contributed by atoms with Crippen molar-refractivity contribution < 1.29 is 37.6 Å². The Hall–Kier alpha value is -2.55. The number of phosphoric ester groups is 1. The highest BCUT2D eigenvalue weighted by Crippen LogP contribution is 2.43. The molecule has 0 aromatic rings. The minimum Gasteiger partial charge on any atom is -0.462 e. The van der Waals surface area contributed by atoms with E-state index in [4.69, 9.17) is 24.3 Å². The number of nitrogens with two attached hydrogens (primary N) is 1. The molecule has 0 spiro atoms. The summed E-state index contributed by atoms with van der Waals surface area (Å²) in [6, 6.07) is 0. The maximum absolute atomic E-state index is 12.7. The van der Waals surface area contributed by atoms with Gasteiger partial charge in [0.2, 0.25) is 0 Å². The number of rotatable bonds is 52. The van der Waals surface area contributed by atoms with Gasteiger partial charge < -0.3 is 20.1 Å². The highest BCUT2D eigenvalue weighted by Gasteiger charge is 2.26. The second-order valence-corrected chi connectivity index (χ2v) is 19.9. The molecule has 0 aliphatic carbocycles. The van der Waals surface area contributed by atoms with Gasteiger partial charge in [0.05, 0.1) is 13.2 Å². The Morgan fingerprint density at radius 3 is 1.21 bits per heavy atom. The van der Waals surface area contributed by atoms with Gasteiger partial charge in [0, 0.05) is 19.4 Å². The van der Waals surface area contributed by atoms with E-state index >= 15 is 0 Å². The van der Waals surface area contributed by atoms with E-state index in [0.717, 1.165) is 96.3 Å². The van der Waals surface area contributed by atoms with Crippen LogP contribution < -0.4 is 5.73 Å². The molecule has 0 saturated carbocycles. The first-order valence-electron chi connectivity index (χ1n) is 27.9. The molecule has 2 atom stereocenters. The normalized spacial score (nSPS) is 13.6. The molecule has 0 aliphatic rings. The molecule has 0 radical (unpaired) electrons. The van der Waals surface area contributed by atoms with Gasteiger partial charge >= 0.3 is 19.8 Å². The van der Waals surface area contributed by atoms with Crippen LogP contribution in [0.5, 0.6) is 0 Å². The van der Waals surface area contributed by atoms with Crippen LogP contribution in [0.4, 0.5) is 0 Å². The Labute approximate surface area is 418 Å². The van der Waals surface area contributed by atoms with Gasteiger partial charge in [-0.2, -0.15) is 0 Å². The first-order valence-corrected chi connectivity index (χ1v) is 29.4. The minimum atomic E-state index is -4.39. The largest absolute Gasteiger partial charge is 0.472 e. The van der Waals surface area contributed by atoms with Crippen molar-refractivity contribution in [2.24, 2.45) is 5.73 Å². The zero-order chi connectivity index (χ0) is 49.5. The lowest BCUT2D eigenvalue weighted by Crippen LogP contribution is -2.29. The molecule has 394 valence electrons. The quantitative estimate of drug-likeness (QED) is 0.0264. The summed E-state index contributed by atoms with van der Waals surface area (Å²) >= 11 is 0. The molecule has 0 aromatic heterocycles. The van der Waals surface area contributed by atoms with E-state index in [2.05, 4.69) is 86.8 Å². The van der Waals surface area contributed by atoms with Crippen LogP contribution in [0.3, 0.4) is 0 Å². The monoisotopic (exact) mass is 974 g/mol. The number of carbonyl (C=O) groups is 2. The first kappa shape index (κ1) is 65.5. The number of hydrogen-bond donors (Lipinski definition) is 2. The van der Waals surface area contributed by atoms with Gasteiger partial charge in [0.1, 0.15) is 6.61 Å². The van der Waals surface area contributed by atoms with Crippen LogP contribution in [-0.4, -0.2) is 49.3 Å². The minimum absolute atomic E-state index is 0.0486. The summed E-state index contributed by atoms with van der Waals surface area (Å²) in [5.74, 6) is -0.839. The second kappa shape index (κ2) is 53.8. The number of ether oxygens (including phenoxy) is 2. The Kier molecular flexibility index (Phi) is 51.8. The average molecular weight is 974 g/mol. The maximum Gasteiger partial charge on any atom is 0.472 e. The number of carbonyl (C=O) groups excluding carboxylic acids is 2. The van der Waals surface area contributed by atoms with Gasteiger partial charge in [0.15, 0.2) is 6.10 Å². The van der Waals surface area contributed by atoms with Crippen molar-refractivity contribution in [1.82, 2.24) is 0 Å². The molecule has 0 saturated heterocycles. The number of unbranched alkanes of at least 4 members (excludes halogenated alkanes) is 27. The van der Waals surface area contributed by atoms with Crippen molar-refractivity contribution in [3.05, 3.63) is 72.9 Å². The summed E-state index contributed by atoms with van der Waals surface area (Å²) in [5, 5.41) is 0. The maximum atomic E-state index is 12.7. The zero-order valence-electron chi connectivity index (χ0n) is 43.8. The molecule has 3 N–H and O–H groups in total. The van der Waals surface area contributed by atoms with Crippen LogP contribution in [-0.2, 0) is 32.7 Å². The van der Waals surface area contributed by atoms with Crippen molar-refractivity contribution in [3.8, 4) is 0 Å². The Morgan fingerprint density at radius 1 is 0.456 bits per heavy atom. The Bertz CT molecular complexity index is 1340. The van der Waals surface area contributed by atoms with E-state index in [1.54, 1.807) is 0 Å². The molecule has 0 amide bonds. The van der Waals surface area contributed by atoms with E-state index in [1.807, 2.05) is 0 Å². The lowest BCUT2D eigenvalue weighted by atomic mass is 10.0. The molecule has 0 aromatic carbocycles. The summed E-state index contributed by atoms with van der Waals surface area (Å²) in [7, 11) is -4.39. The Balaban J connectivity index is 4.04. The molecule has 0 heterocycles. The van der Waals surface area contributed by atoms with Gasteiger partial charge in [-0.15, -0.1) is 0 Å². The fraction of sp³-hybridized carbons (Fsp3) is 0.759. The van der Waals surface area contributed by atoms with Crippen LogP contribution >= 0.6 is 7.82 Å². The molecular formula is C58H104NO8P. The predicted octanol–water partition coefficient (Wildman–Crippen LogP) is 17.3. The third kappa shape index (κ3) is 52.8. The molecule has 9 nitrogen and oxygen atoms in total. The standard InChI is InChI=1S/C58H104NO8P/c1-3-5-7-9-11-13-15-17-19-21-23-25-27-28-29-31-33-35-37-39-41-43-45-47-49-51-58(61)67-56(55-66-68(62,63)65-53-52-59)54-64-57(60)50-48-46-44-42-40-38-36-34-32-30-26-24-22-20-18-16-14-12-10-8-6-4-2/h5,7,11,13,17,19,23,25,28-29,33,35,56H,3-4,6,8-10,12,14-16,18,20-22,24,26-27,30-32,34,36-55,59H2,1-2H3,(H,62,63)/b7-5-,13-11-,19-17-,25-23-,29-28-,35-33-. The number of hydrogen-bond acceptors (Lipinski definition) is 8. The first-order chi connectivity index (χ1) is 33.3. The van der Waals surface area contributed by atoms with Crippen molar-refractivity contribution in [1.29, 1.82) is 0 Å². The third-order valence-corrected chi connectivity index (χ3v) is 12.8. The molecular weight excluding hydrogens is 870 g/mol. The predicted molar refractivity (Wildman–Crippen MR) is 289 cm³/mol. The summed E-state index contributed by atoms with van der Waals surface area (Å²) in [6.45, 7) is 3.64. The van der Waals surface area contributed by atoms with E-state index < -0.39 is 26.5 Å².